The van der Waals surface area contributed by atoms with Gasteiger partial charge in [0.15, 0.2) is 5.88 Å². The van der Waals surface area contributed by atoms with E-state index in [9.17, 15) is 14.0 Å². The third-order valence-electron chi connectivity index (χ3n) is 5.51. The molecule has 2 N–H and O–H groups in total. The van der Waals surface area contributed by atoms with Gasteiger partial charge in [0.05, 0.1) is 24.5 Å². The molecule has 2 aromatic heterocycles. The molecule has 0 spiro atoms. The van der Waals surface area contributed by atoms with Gasteiger partial charge in [0.1, 0.15) is 29.6 Å². The van der Waals surface area contributed by atoms with Gasteiger partial charge in [0, 0.05) is 23.3 Å². The zero-order valence-electron chi connectivity index (χ0n) is 17.2. The van der Waals surface area contributed by atoms with Crippen molar-refractivity contribution < 1.29 is 18.3 Å². The van der Waals surface area contributed by atoms with E-state index in [0.717, 1.165) is 11.3 Å². The molecule has 1 atom stereocenters. The number of ether oxygens (including phenoxy) is 2. The van der Waals surface area contributed by atoms with Gasteiger partial charge in [-0.15, -0.1) is 11.8 Å². The number of pyridine rings is 1. The first-order valence-corrected chi connectivity index (χ1v) is 10.9. The second-order valence-corrected chi connectivity index (χ2v) is 8.60. The summed E-state index contributed by atoms with van der Waals surface area (Å²) >= 11 is 1.40. The molecular formula is C22H22F2N4O2S. The lowest BCUT2D eigenvalue weighted by molar-refractivity contribution is 0.000376. The van der Waals surface area contributed by atoms with Crippen molar-refractivity contribution >= 4 is 17.4 Å². The topological polar surface area (TPSA) is 85.6 Å². The van der Waals surface area contributed by atoms with Crippen LogP contribution in [0.1, 0.15) is 24.8 Å². The van der Waals surface area contributed by atoms with Crippen LogP contribution < -0.4 is 15.2 Å². The van der Waals surface area contributed by atoms with Crippen molar-refractivity contribution in [3.63, 3.8) is 0 Å². The minimum absolute atomic E-state index is 0.0922. The predicted octanol–water partition coefficient (Wildman–Crippen LogP) is 4.50. The number of nitrogens with two attached hydrogens (primary N) is 1. The number of halogens is 2. The summed E-state index contributed by atoms with van der Waals surface area (Å²) in [6.45, 7) is -0.0922. The van der Waals surface area contributed by atoms with E-state index >= 15 is 0 Å². The van der Waals surface area contributed by atoms with Crippen LogP contribution in [0, 0.1) is 11.3 Å². The summed E-state index contributed by atoms with van der Waals surface area (Å²) in [6.07, 6.45) is 3.06. The largest absolute Gasteiger partial charge is 0.490 e. The molecule has 162 valence electrons. The van der Waals surface area contributed by atoms with Gasteiger partial charge >= 0.3 is 0 Å². The number of nitrogens with zero attached hydrogens (tertiary/aromatic N) is 3. The standard InChI is InChI=1S/C22H22F2N4O2S/c1-29-20-5-3-4-19-27-11-16(28(19)20)14-8-17(15(10-25)18(9-14)31-2)30-13-21(26)6-7-22(23,24)12-21/h3-5,8-9,11H,6-7,12-13,26H2,1-2H3/t21-/m1/s1. The predicted molar refractivity (Wildman–Crippen MR) is 115 cm³/mol. The third kappa shape index (κ3) is 4.05. The molecule has 1 aliphatic carbocycles. The van der Waals surface area contributed by atoms with Gasteiger partial charge in [-0.25, -0.2) is 13.8 Å². The van der Waals surface area contributed by atoms with Gasteiger partial charge in [-0.05, 0) is 36.9 Å². The lowest BCUT2D eigenvalue weighted by Gasteiger charge is -2.24. The first-order valence-electron chi connectivity index (χ1n) is 9.72. The van der Waals surface area contributed by atoms with E-state index in [1.54, 1.807) is 19.4 Å². The average Bonchev–Trinajstić information content (AvgIpc) is 3.31. The number of imidazole rings is 1. The van der Waals surface area contributed by atoms with Gasteiger partial charge in [-0.2, -0.15) is 5.26 Å². The normalized spacial score (nSPS) is 20.0. The molecule has 4 rings (SSSR count). The SMILES string of the molecule is COc1cccc2ncc(-c3cc(OC[C@@]4(N)CCC(F)(F)C4)c(C#N)c(SC)c3)n12. The van der Waals surface area contributed by atoms with Gasteiger partial charge < -0.3 is 15.2 Å². The smallest absolute Gasteiger partial charge is 0.250 e. The van der Waals surface area contributed by atoms with Crippen molar-refractivity contribution in [2.24, 2.45) is 5.73 Å². The van der Waals surface area contributed by atoms with Crippen LogP contribution in [0.5, 0.6) is 11.6 Å². The summed E-state index contributed by atoms with van der Waals surface area (Å²) in [6, 6.07) is 11.3. The third-order valence-corrected chi connectivity index (χ3v) is 6.27. The molecular weight excluding hydrogens is 422 g/mol. The molecule has 0 aliphatic heterocycles. The van der Waals surface area contributed by atoms with Gasteiger partial charge in [-0.3, -0.25) is 4.40 Å². The Bertz CT molecular complexity index is 1170. The molecule has 31 heavy (non-hydrogen) atoms. The van der Waals surface area contributed by atoms with Gasteiger partial charge in [0.25, 0.3) is 0 Å². The van der Waals surface area contributed by atoms with Crippen LogP contribution in [-0.2, 0) is 0 Å². The lowest BCUT2D eigenvalue weighted by atomic mass is 10.0. The van der Waals surface area contributed by atoms with Crippen LogP contribution in [0.25, 0.3) is 16.9 Å². The van der Waals surface area contributed by atoms with E-state index in [1.165, 1.54) is 11.8 Å². The van der Waals surface area contributed by atoms with Crippen LogP contribution in [0.4, 0.5) is 8.78 Å². The first-order chi connectivity index (χ1) is 14.8. The van der Waals surface area contributed by atoms with Crippen molar-refractivity contribution in [1.82, 2.24) is 9.38 Å². The average molecular weight is 445 g/mol. The molecule has 3 aromatic rings. The maximum absolute atomic E-state index is 13.7. The van der Waals surface area contributed by atoms with Crippen molar-refractivity contribution in [2.45, 2.75) is 35.6 Å². The summed E-state index contributed by atoms with van der Waals surface area (Å²) in [4.78, 5) is 5.15. The Labute approximate surface area is 183 Å². The minimum atomic E-state index is -2.78. The Kier molecular flexibility index (Phi) is 5.54. The number of benzene rings is 1. The molecule has 0 saturated heterocycles. The first kappa shape index (κ1) is 21.4. The molecule has 1 fully saturated rings. The summed E-state index contributed by atoms with van der Waals surface area (Å²) in [5, 5.41) is 9.71. The number of fused-ring (bicyclic) bond motifs is 1. The molecule has 6 nitrogen and oxygen atoms in total. The van der Waals surface area contributed by atoms with Crippen LogP contribution in [0.2, 0.25) is 0 Å². The minimum Gasteiger partial charge on any atom is -0.490 e. The molecule has 0 amide bonds. The van der Waals surface area contributed by atoms with E-state index in [-0.39, 0.29) is 19.4 Å². The fraction of sp³-hybridized carbons (Fsp3) is 0.364. The summed E-state index contributed by atoms with van der Waals surface area (Å²) in [5.74, 6) is -1.86. The zero-order valence-corrected chi connectivity index (χ0v) is 18.0. The van der Waals surface area contributed by atoms with Crippen LogP contribution in [-0.4, -0.2) is 40.8 Å². The fourth-order valence-electron chi connectivity index (χ4n) is 3.96. The second-order valence-electron chi connectivity index (χ2n) is 7.75. The number of methoxy groups -OCH3 is 1. The Balaban J connectivity index is 1.76. The second kappa shape index (κ2) is 8.02. The maximum Gasteiger partial charge on any atom is 0.250 e. The quantitative estimate of drug-likeness (QED) is 0.564. The number of hydrogen-bond donors (Lipinski definition) is 1. The van der Waals surface area contributed by atoms with Gasteiger partial charge in [0.2, 0.25) is 5.92 Å². The van der Waals surface area contributed by atoms with E-state index in [1.807, 2.05) is 34.9 Å². The van der Waals surface area contributed by atoms with Crippen LogP contribution in [0.3, 0.4) is 0 Å². The van der Waals surface area contributed by atoms with Crippen molar-refractivity contribution in [1.29, 1.82) is 5.26 Å². The van der Waals surface area contributed by atoms with Crippen molar-refractivity contribution in [3.8, 4) is 29.0 Å². The maximum atomic E-state index is 13.7. The Morgan fingerprint density at radius 3 is 2.77 bits per heavy atom. The fourth-order valence-corrected chi connectivity index (χ4v) is 4.56. The number of aromatic nitrogens is 2. The van der Waals surface area contributed by atoms with Gasteiger partial charge in [-0.1, -0.05) is 6.07 Å². The highest BCUT2D eigenvalue weighted by atomic mass is 32.2. The van der Waals surface area contributed by atoms with E-state index < -0.39 is 17.9 Å². The highest BCUT2D eigenvalue weighted by Gasteiger charge is 2.47. The molecule has 1 saturated carbocycles. The Hall–Kier alpha value is -2.83. The number of hydrogen-bond acceptors (Lipinski definition) is 6. The van der Waals surface area contributed by atoms with Crippen molar-refractivity contribution in [2.75, 3.05) is 20.0 Å². The highest BCUT2D eigenvalue weighted by molar-refractivity contribution is 7.98. The molecule has 9 heteroatoms. The van der Waals surface area contributed by atoms with E-state index in [2.05, 4.69) is 11.1 Å². The molecule has 0 bridgehead atoms. The van der Waals surface area contributed by atoms with Crippen LogP contribution in [0.15, 0.2) is 41.4 Å². The molecule has 0 unspecified atom stereocenters. The number of thioether (sulfide) groups is 1. The van der Waals surface area contributed by atoms with E-state index in [0.29, 0.717) is 27.7 Å². The monoisotopic (exact) mass is 444 g/mol. The Morgan fingerprint density at radius 1 is 1.32 bits per heavy atom. The highest BCUT2D eigenvalue weighted by Crippen LogP contribution is 2.41. The molecule has 2 heterocycles. The van der Waals surface area contributed by atoms with Crippen molar-refractivity contribution in [3.05, 3.63) is 42.1 Å². The zero-order chi connectivity index (χ0) is 22.2. The summed E-state index contributed by atoms with van der Waals surface area (Å²) in [7, 11) is 1.58. The number of rotatable bonds is 6. The number of nitriles is 1. The molecule has 0 radical (unpaired) electrons. The van der Waals surface area contributed by atoms with Crippen LogP contribution >= 0.6 is 11.8 Å². The Morgan fingerprint density at radius 2 is 2.13 bits per heavy atom. The molecule has 1 aromatic carbocycles. The number of alkyl halides is 2. The molecule has 1 aliphatic rings. The summed E-state index contributed by atoms with van der Waals surface area (Å²) in [5.41, 5.74) is 7.62. The summed E-state index contributed by atoms with van der Waals surface area (Å²) < 4.78 is 40.6. The van der Waals surface area contributed by atoms with E-state index in [4.69, 9.17) is 15.2 Å². The lowest BCUT2D eigenvalue weighted by Crippen LogP contribution is -2.44.